The number of benzene rings is 1. The normalized spacial score (nSPS) is 18.2. The molecular formula is C19H19Cl2N3O2S. The summed E-state index contributed by atoms with van der Waals surface area (Å²) in [6.07, 6.45) is 2.13. The Bertz CT molecular complexity index is 881. The third-order valence-corrected chi connectivity index (χ3v) is 5.60. The number of rotatable bonds is 5. The quantitative estimate of drug-likeness (QED) is 0.741. The number of nitrogens with zero attached hydrogens (tertiary/aromatic N) is 2. The summed E-state index contributed by atoms with van der Waals surface area (Å²) in [7, 11) is 3.71. The van der Waals surface area contributed by atoms with Crippen LogP contribution in [0.25, 0.3) is 0 Å². The van der Waals surface area contributed by atoms with Gasteiger partial charge in [-0.25, -0.2) is 0 Å². The Hall–Kier alpha value is -2.02. The first kappa shape index (κ1) is 19.7. The molecule has 3 rings (SSSR count). The van der Waals surface area contributed by atoms with E-state index in [2.05, 4.69) is 5.32 Å². The van der Waals surface area contributed by atoms with Gasteiger partial charge in [0.15, 0.2) is 0 Å². The van der Waals surface area contributed by atoms with Gasteiger partial charge in [0.05, 0.1) is 5.00 Å². The van der Waals surface area contributed by atoms with E-state index in [1.807, 2.05) is 36.5 Å². The molecule has 0 spiro atoms. The molecular weight excluding hydrogens is 405 g/mol. The standard InChI is InChI=1S/C19H19Cl2N3O2S/c1-23(2)11-13-8-16(24(19(13)26)17-4-3-7-27-17)18(25)22-10-12-5-6-14(20)9-15(12)21/h3-7,9,11,16H,8,10H2,1-2H3,(H,22,25)/b13-11+/t16-/m0/s1. The summed E-state index contributed by atoms with van der Waals surface area (Å²) in [6.45, 7) is 0.268. The molecule has 1 aromatic heterocycles. The largest absolute Gasteiger partial charge is 0.383 e. The van der Waals surface area contributed by atoms with Gasteiger partial charge in [-0.1, -0.05) is 29.3 Å². The Labute approximate surface area is 172 Å². The number of hydrogen-bond acceptors (Lipinski definition) is 4. The first-order chi connectivity index (χ1) is 12.9. The minimum absolute atomic E-state index is 0.143. The predicted molar refractivity (Wildman–Crippen MR) is 110 cm³/mol. The van der Waals surface area contributed by atoms with Crippen molar-refractivity contribution in [1.82, 2.24) is 10.2 Å². The fourth-order valence-corrected chi connectivity index (χ4v) is 4.19. The van der Waals surface area contributed by atoms with Gasteiger partial charge in [-0.3, -0.25) is 14.5 Å². The second-order valence-electron chi connectivity index (χ2n) is 6.42. The topological polar surface area (TPSA) is 52.7 Å². The van der Waals surface area contributed by atoms with Crippen LogP contribution < -0.4 is 10.2 Å². The number of thiophene rings is 1. The lowest BCUT2D eigenvalue weighted by atomic mass is 10.1. The highest BCUT2D eigenvalue weighted by atomic mass is 35.5. The van der Waals surface area contributed by atoms with Crippen LogP contribution in [0.4, 0.5) is 5.00 Å². The molecule has 2 amide bonds. The van der Waals surface area contributed by atoms with Crippen molar-refractivity contribution in [3.8, 4) is 0 Å². The molecule has 2 aromatic rings. The monoisotopic (exact) mass is 423 g/mol. The Morgan fingerprint density at radius 3 is 2.78 bits per heavy atom. The third kappa shape index (κ3) is 4.46. The average Bonchev–Trinajstić information content (AvgIpc) is 3.22. The number of nitrogens with one attached hydrogen (secondary N) is 1. The molecule has 0 bridgehead atoms. The van der Waals surface area contributed by atoms with Crippen molar-refractivity contribution < 1.29 is 9.59 Å². The molecule has 1 aliphatic rings. The number of hydrogen-bond donors (Lipinski definition) is 1. The Morgan fingerprint density at radius 2 is 2.15 bits per heavy atom. The number of anilines is 1. The van der Waals surface area contributed by atoms with Crippen LogP contribution in [0.1, 0.15) is 12.0 Å². The van der Waals surface area contributed by atoms with Gasteiger partial charge in [0, 0.05) is 48.9 Å². The van der Waals surface area contributed by atoms with Crippen LogP contribution in [0, 0.1) is 0 Å². The van der Waals surface area contributed by atoms with Crippen LogP contribution in [0.5, 0.6) is 0 Å². The highest BCUT2D eigenvalue weighted by Gasteiger charge is 2.41. The predicted octanol–water partition coefficient (Wildman–Crippen LogP) is 3.92. The fraction of sp³-hybridized carbons (Fsp3) is 0.263. The summed E-state index contributed by atoms with van der Waals surface area (Å²) >= 11 is 13.5. The van der Waals surface area contributed by atoms with Crippen LogP contribution in [0.2, 0.25) is 10.0 Å². The number of carbonyl (C=O) groups excluding carboxylic acids is 2. The van der Waals surface area contributed by atoms with Crippen LogP contribution >= 0.6 is 34.5 Å². The number of halogens is 2. The van der Waals surface area contributed by atoms with Crippen LogP contribution in [-0.2, 0) is 16.1 Å². The molecule has 1 saturated heterocycles. The van der Waals surface area contributed by atoms with E-state index < -0.39 is 6.04 Å². The van der Waals surface area contributed by atoms with Crippen molar-refractivity contribution in [3.63, 3.8) is 0 Å². The van der Waals surface area contributed by atoms with E-state index in [-0.39, 0.29) is 18.4 Å². The molecule has 1 atom stereocenters. The van der Waals surface area contributed by atoms with Crippen LogP contribution in [0.15, 0.2) is 47.5 Å². The molecule has 8 heteroatoms. The van der Waals surface area contributed by atoms with E-state index in [0.717, 1.165) is 10.6 Å². The number of carbonyl (C=O) groups is 2. The SMILES string of the molecule is CN(C)/C=C1\C[C@@H](C(=O)NCc2ccc(Cl)cc2Cl)N(c2cccs2)C1=O. The van der Waals surface area contributed by atoms with Gasteiger partial charge in [-0.15, -0.1) is 11.3 Å². The van der Waals surface area contributed by atoms with Crippen molar-refractivity contribution in [1.29, 1.82) is 0 Å². The summed E-state index contributed by atoms with van der Waals surface area (Å²) < 4.78 is 0. The lowest BCUT2D eigenvalue weighted by Gasteiger charge is -2.22. The van der Waals surface area contributed by atoms with Gasteiger partial charge in [0.2, 0.25) is 5.91 Å². The van der Waals surface area contributed by atoms with Gasteiger partial charge in [0.1, 0.15) is 6.04 Å². The van der Waals surface area contributed by atoms with E-state index in [0.29, 0.717) is 22.0 Å². The van der Waals surface area contributed by atoms with Crippen molar-refractivity contribution >= 4 is 51.4 Å². The Balaban J connectivity index is 1.79. The molecule has 1 aromatic carbocycles. The molecule has 27 heavy (non-hydrogen) atoms. The maximum Gasteiger partial charge on any atom is 0.257 e. The zero-order valence-electron chi connectivity index (χ0n) is 14.9. The van der Waals surface area contributed by atoms with Crippen molar-refractivity contribution in [2.24, 2.45) is 0 Å². The third-order valence-electron chi connectivity index (χ3n) is 4.15. The van der Waals surface area contributed by atoms with E-state index in [9.17, 15) is 9.59 Å². The Kier molecular flexibility index (Phi) is 6.09. The van der Waals surface area contributed by atoms with Crippen molar-refractivity contribution in [2.75, 3.05) is 19.0 Å². The molecule has 142 valence electrons. The lowest BCUT2D eigenvalue weighted by molar-refractivity contribution is -0.123. The molecule has 0 saturated carbocycles. The van der Waals surface area contributed by atoms with E-state index in [1.54, 1.807) is 29.3 Å². The highest BCUT2D eigenvalue weighted by Crippen LogP contribution is 2.33. The second kappa shape index (κ2) is 8.33. The van der Waals surface area contributed by atoms with Crippen molar-refractivity contribution in [3.05, 3.63) is 63.1 Å². The maximum atomic E-state index is 12.9. The molecule has 1 fully saturated rings. The van der Waals surface area contributed by atoms with Gasteiger partial charge in [0.25, 0.3) is 5.91 Å². The molecule has 5 nitrogen and oxygen atoms in total. The van der Waals surface area contributed by atoms with Crippen LogP contribution in [-0.4, -0.2) is 36.9 Å². The van der Waals surface area contributed by atoms with Crippen LogP contribution in [0.3, 0.4) is 0 Å². The molecule has 1 N–H and O–H groups in total. The molecule has 1 aliphatic heterocycles. The molecule has 0 aliphatic carbocycles. The molecule has 0 radical (unpaired) electrons. The zero-order chi connectivity index (χ0) is 19.6. The summed E-state index contributed by atoms with van der Waals surface area (Å²) in [5.74, 6) is -0.360. The van der Waals surface area contributed by atoms with Crippen molar-refractivity contribution in [2.45, 2.75) is 19.0 Å². The first-order valence-corrected chi connectivity index (χ1v) is 9.96. The van der Waals surface area contributed by atoms with E-state index in [4.69, 9.17) is 23.2 Å². The Morgan fingerprint density at radius 1 is 1.37 bits per heavy atom. The lowest BCUT2D eigenvalue weighted by Crippen LogP contribution is -2.44. The highest BCUT2D eigenvalue weighted by molar-refractivity contribution is 7.14. The van der Waals surface area contributed by atoms with E-state index >= 15 is 0 Å². The van der Waals surface area contributed by atoms with Gasteiger partial charge in [-0.2, -0.15) is 0 Å². The zero-order valence-corrected chi connectivity index (χ0v) is 17.2. The summed E-state index contributed by atoms with van der Waals surface area (Å²) in [5.41, 5.74) is 1.38. The smallest absolute Gasteiger partial charge is 0.257 e. The molecule has 0 unspecified atom stereocenters. The first-order valence-electron chi connectivity index (χ1n) is 8.32. The second-order valence-corrected chi connectivity index (χ2v) is 8.19. The minimum Gasteiger partial charge on any atom is -0.383 e. The molecule has 2 heterocycles. The van der Waals surface area contributed by atoms with E-state index in [1.165, 1.54) is 11.3 Å². The fourth-order valence-electron chi connectivity index (χ4n) is 2.94. The average molecular weight is 424 g/mol. The van der Waals surface area contributed by atoms with Gasteiger partial charge < -0.3 is 10.2 Å². The summed E-state index contributed by atoms with van der Waals surface area (Å²) in [5, 5.41) is 6.57. The summed E-state index contributed by atoms with van der Waals surface area (Å²) in [4.78, 5) is 29.1. The summed E-state index contributed by atoms with van der Waals surface area (Å²) in [6, 6.07) is 8.26. The minimum atomic E-state index is -0.589. The number of amides is 2. The van der Waals surface area contributed by atoms with Gasteiger partial charge in [-0.05, 0) is 35.2 Å². The van der Waals surface area contributed by atoms with Gasteiger partial charge >= 0.3 is 0 Å². The maximum absolute atomic E-state index is 12.9.